The van der Waals surface area contributed by atoms with E-state index in [1.165, 1.54) is 44.2 Å². The largest absolute Gasteiger partial charge is 0.389 e. The topological polar surface area (TPSA) is 150 Å². The summed E-state index contributed by atoms with van der Waals surface area (Å²) < 4.78 is 27.7. The van der Waals surface area contributed by atoms with Crippen LogP contribution in [0.15, 0.2) is 53.4 Å². The van der Waals surface area contributed by atoms with Gasteiger partial charge in [0.1, 0.15) is 5.54 Å². The molecule has 1 atom stereocenters. The predicted octanol–water partition coefficient (Wildman–Crippen LogP) is 1.79. The Balaban J connectivity index is 1.96. The van der Waals surface area contributed by atoms with Crippen molar-refractivity contribution in [3.63, 3.8) is 0 Å². The van der Waals surface area contributed by atoms with Crippen LogP contribution in [0.2, 0.25) is 0 Å². The molecule has 2 aromatic carbocycles. The van der Waals surface area contributed by atoms with E-state index in [-0.39, 0.29) is 16.3 Å². The molecule has 11 nitrogen and oxygen atoms in total. The summed E-state index contributed by atoms with van der Waals surface area (Å²) in [6, 6.07) is 10.3. The number of β-amino-alcohol motifs (C(OH)–C–C–N with tert-alkyl or cyclic N) is 1. The van der Waals surface area contributed by atoms with Crippen molar-refractivity contribution < 1.29 is 28.0 Å². The lowest BCUT2D eigenvalue weighted by atomic mass is 10.1. The van der Waals surface area contributed by atoms with Gasteiger partial charge >= 0.3 is 6.03 Å². The number of sulfonamides is 1. The molecule has 1 aliphatic heterocycles. The van der Waals surface area contributed by atoms with Gasteiger partial charge in [-0.05, 0) is 39.0 Å². The van der Waals surface area contributed by atoms with Gasteiger partial charge in [-0.1, -0.05) is 23.8 Å². The van der Waals surface area contributed by atoms with Gasteiger partial charge in [0.25, 0.3) is 21.6 Å². The number of nitrogens with zero attached hydrogens (tertiary/aromatic N) is 3. The maximum Gasteiger partial charge on any atom is 0.325 e. The molecule has 12 heteroatoms. The van der Waals surface area contributed by atoms with Crippen LogP contribution in [0.25, 0.3) is 0 Å². The minimum Gasteiger partial charge on any atom is -0.389 e. The fourth-order valence-electron chi connectivity index (χ4n) is 3.39. The fraction of sp³-hybridized carbons (Fsp3) is 0.333. The zero-order valence-corrected chi connectivity index (χ0v) is 19.1. The smallest absolute Gasteiger partial charge is 0.325 e. The van der Waals surface area contributed by atoms with Crippen molar-refractivity contribution in [3.8, 4) is 0 Å². The number of nitro groups is 1. The number of urea groups is 1. The summed E-state index contributed by atoms with van der Waals surface area (Å²) in [5.74, 6) is -0.560. The van der Waals surface area contributed by atoms with E-state index in [0.717, 1.165) is 20.8 Å². The van der Waals surface area contributed by atoms with E-state index in [4.69, 9.17) is 0 Å². The summed E-state index contributed by atoms with van der Waals surface area (Å²) >= 11 is 0. The molecule has 2 N–H and O–H groups in total. The van der Waals surface area contributed by atoms with Crippen molar-refractivity contribution in [1.29, 1.82) is 0 Å². The Bertz CT molecular complexity index is 1200. The highest BCUT2D eigenvalue weighted by Gasteiger charge is 2.45. The van der Waals surface area contributed by atoms with Crippen molar-refractivity contribution in [2.45, 2.75) is 37.3 Å². The number of imide groups is 1. The van der Waals surface area contributed by atoms with E-state index in [1.54, 1.807) is 19.1 Å². The molecule has 1 heterocycles. The monoisotopic (exact) mass is 476 g/mol. The van der Waals surface area contributed by atoms with Gasteiger partial charge in [-0.2, -0.15) is 0 Å². The number of aliphatic hydroxyl groups excluding tert-OH is 1. The molecule has 0 aromatic heterocycles. The fourth-order valence-corrected chi connectivity index (χ4v) is 4.88. The highest BCUT2D eigenvalue weighted by molar-refractivity contribution is 7.92. The number of amides is 3. The minimum atomic E-state index is -4.25. The van der Waals surface area contributed by atoms with Crippen molar-refractivity contribution in [2.75, 3.05) is 17.4 Å². The molecule has 1 saturated heterocycles. The molecule has 2 aromatic rings. The van der Waals surface area contributed by atoms with Crippen LogP contribution in [0.1, 0.15) is 19.4 Å². The van der Waals surface area contributed by atoms with Crippen LogP contribution in [0.5, 0.6) is 0 Å². The molecule has 1 aliphatic rings. The average Bonchev–Trinajstić information content (AvgIpc) is 2.93. The third-order valence-electron chi connectivity index (χ3n) is 5.15. The van der Waals surface area contributed by atoms with E-state index in [9.17, 15) is 33.2 Å². The number of hydrogen-bond acceptors (Lipinski definition) is 7. The van der Waals surface area contributed by atoms with Gasteiger partial charge in [0, 0.05) is 12.1 Å². The van der Waals surface area contributed by atoms with Crippen LogP contribution in [-0.4, -0.2) is 60.0 Å². The number of nitro benzene ring substituents is 1. The van der Waals surface area contributed by atoms with Crippen molar-refractivity contribution in [1.82, 2.24) is 10.2 Å². The molecule has 0 aliphatic carbocycles. The maximum absolute atomic E-state index is 13.4. The Hall–Kier alpha value is -3.51. The van der Waals surface area contributed by atoms with Crippen molar-refractivity contribution in [2.24, 2.45) is 0 Å². The van der Waals surface area contributed by atoms with E-state index < -0.39 is 51.6 Å². The number of aliphatic hydroxyl groups is 1. The van der Waals surface area contributed by atoms with Crippen LogP contribution >= 0.6 is 0 Å². The first-order valence-corrected chi connectivity index (χ1v) is 11.4. The highest BCUT2D eigenvalue weighted by atomic mass is 32.2. The lowest BCUT2D eigenvalue weighted by molar-refractivity contribution is -0.384. The second-order valence-electron chi connectivity index (χ2n) is 8.25. The predicted molar refractivity (Wildman–Crippen MR) is 119 cm³/mol. The first-order chi connectivity index (χ1) is 15.3. The quantitative estimate of drug-likeness (QED) is 0.335. The summed E-state index contributed by atoms with van der Waals surface area (Å²) in [7, 11) is -4.25. The first kappa shape index (κ1) is 24.1. The van der Waals surface area contributed by atoms with E-state index in [1.807, 2.05) is 0 Å². The number of benzene rings is 2. The Morgan fingerprint density at radius 3 is 2.36 bits per heavy atom. The number of carbonyl (C=O) groups is 2. The molecule has 0 radical (unpaired) electrons. The summed E-state index contributed by atoms with van der Waals surface area (Å²) in [6.07, 6.45) is -1.46. The van der Waals surface area contributed by atoms with Crippen molar-refractivity contribution in [3.05, 3.63) is 64.2 Å². The van der Waals surface area contributed by atoms with Crippen LogP contribution < -0.4 is 9.62 Å². The lowest BCUT2D eigenvalue weighted by Gasteiger charge is -2.28. The normalized spacial score (nSPS) is 16.4. The van der Waals surface area contributed by atoms with Crippen LogP contribution in [0.3, 0.4) is 0 Å². The Morgan fingerprint density at radius 1 is 1.18 bits per heavy atom. The zero-order chi connectivity index (χ0) is 24.6. The second kappa shape index (κ2) is 8.79. The number of aryl methyl sites for hydroxylation is 1. The van der Waals surface area contributed by atoms with E-state index in [0.29, 0.717) is 0 Å². The zero-order valence-electron chi connectivity index (χ0n) is 18.3. The third-order valence-corrected chi connectivity index (χ3v) is 6.96. The van der Waals surface area contributed by atoms with E-state index >= 15 is 0 Å². The molecule has 1 fully saturated rings. The van der Waals surface area contributed by atoms with Crippen LogP contribution in [-0.2, 0) is 14.8 Å². The van der Waals surface area contributed by atoms with Gasteiger partial charge in [0.05, 0.1) is 34.7 Å². The van der Waals surface area contributed by atoms with Gasteiger partial charge in [0.2, 0.25) is 0 Å². The first-order valence-electron chi connectivity index (χ1n) is 9.99. The van der Waals surface area contributed by atoms with Crippen molar-refractivity contribution >= 4 is 33.3 Å². The molecule has 3 amide bonds. The number of non-ortho nitro benzene ring substituents is 1. The standard InChI is InChI=1S/C21H24N4O7S/c1-14-7-9-18(10-8-14)33(31,32)24(15-5-4-6-16(11-15)25(29)30)13-17(26)12-23-19(27)21(2,3)22-20(23)28/h4-11,17,26H,12-13H2,1-3H3,(H,22,28)/t17-/m0/s1. The van der Waals surface area contributed by atoms with Gasteiger partial charge in [-0.15, -0.1) is 0 Å². The molecule has 33 heavy (non-hydrogen) atoms. The molecular formula is C21H24N4O7S. The molecule has 0 spiro atoms. The third kappa shape index (κ3) is 4.96. The molecule has 0 saturated carbocycles. The second-order valence-corrected chi connectivity index (χ2v) is 10.1. The number of rotatable bonds is 8. The number of carbonyl (C=O) groups excluding carboxylic acids is 2. The van der Waals surface area contributed by atoms with Gasteiger partial charge in [-0.3, -0.25) is 24.1 Å². The molecule has 176 valence electrons. The number of hydrogen-bond donors (Lipinski definition) is 2. The average molecular weight is 477 g/mol. The van der Waals surface area contributed by atoms with Crippen LogP contribution in [0.4, 0.5) is 16.2 Å². The Morgan fingerprint density at radius 2 is 1.82 bits per heavy atom. The van der Waals surface area contributed by atoms with Crippen LogP contribution in [0, 0.1) is 17.0 Å². The van der Waals surface area contributed by atoms with E-state index in [2.05, 4.69) is 5.32 Å². The molecule has 0 unspecified atom stereocenters. The highest BCUT2D eigenvalue weighted by Crippen LogP contribution is 2.28. The lowest BCUT2D eigenvalue weighted by Crippen LogP contribution is -2.45. The molecule has 3 rings (SSSR count). The summed E-state index contributed by atoms with van der Waals surface area (Å²) in [5.41, 5.74) is -0.690. The number of anilines is 1. The minimum absolute atomic E-state index is 0.0404. The summed E-state index contributed by atoms with van der Waals surface area (Å²) in [5, 5.41) is 24.4. The SMILES string of the molecule is Cc1ccc(S(=O)(=O)N(C[C@@H](O)CN2C(=O)NC(C)(C)C2=O)c2cccc([N+](=O)[O-])c2)cc1. The Labute approximate surface area is 190 Å². The summed E-state index contributed by atoms with van der Waals surface area (Å²) in [4.78, 5) is 35.9. The Kier molecular flexibility index (Phi) is 6.43. The van der Waals surface area contributed by atoms with Gasteiger partial charge < -0.3 is 10.4 Å². The molecule has 0 bridgehead atoms. The maximum atomic E-state index is 13.4. The molecular weight excluding hydrogens is 452 g/mol. The number of nitrogens with one attached hydrogen (secondary N) is 1. The van der Waals surface area contributed by atoms with Gasteiger partial charge in [0.15, 0.2) is 0 Å². The summed E-state index contributed by atoms with van der Waals surface area (Å²) in [6.45, 7) is 3.81. The van der Waals surface area contributed by atoms with Gasteiger partial charge in [-0.25, -0.2) is 13.2 Å².